The van der Waals surface area contributed by atoms with Crippen molar-refractivity contribution < 1.29 is 5.11 Å². The molecular formula is C16H25NO. The molecule has 2 nitrogen and oxygen atoms in total. The lowest BCUT2D eigenvalue weighted by atomic mass is 9.76. The van der Waals surface area contributed by atoms with Gasteiger partial charge in [0.15, 0.2) is 0 Å². The predicted octanol–water partition coefficient (Wildman–Crippen LogP) is 2.88. The highest BCUT2D eigenvalue weighted by molar-refractivity contribution is 5.21. The summed E-state index contributed by atoms with van der Waals surface area (Å²) < 4.78 is 0. The number of hydrogen-bond donors (Lipinski definition) is 1. The van der Waals surface area contributed by atoms with Crippen molar-refractivity contribution in [3.05, 3.63) is 35.9 Å². The second-order valence-corrected chi connectivity index (χ2v) is 5.85. The maximum atomic E-state index is 9.65. The minimum absolute atomic E-state index is 0.0583. The molecule has 1 saturated carbocycles. The first kappa shape index (κ1) is 13.6. The quantitative estimate of drug-likeness (QED) is 0.884. The number of hydrogen-bond acceptors (Lipinski definition) is 2. The molecule has 1 aromatic carbocycles. The average Bonchev–Trinajstić information content (AvgIpc) is 2.38. The number of benzene rings is 1. The molecule has 18 heavy (non-hydrogen) atoms. The van der Waals surface area contributed by atoms with Gasteiger partial charge in [0.05, 0.1) is 6.10 Å². The van der Waals surface area contributed by atoms with Gasteiger partial charge in [0, 0.05) is 6.54 Å². The monoisotopic (exact) mass is 247 g/mol. The first-order valence-corrected chi connectivity index (χ1v) is 7.04. The van der Waals surface area contributed by atoms with Gasteiger partial charge < -0.3 is 10.0 Å². The highest BCUT2D eigenvalue weighted by atomic mass is 16.3. The highest BCUT2D eigenvalue weighted by Crippen LogP contribution is 2.36. The van der Waals surface area contributed by atoms with Gasteiger partial charge in [0.25, 0.3) is 0 Å². The standard InChI is InChI=1S/C16H25NO/c1-17(2)12-16(13-6-4-3-5-7-13)14-8-10-15(18)11-9-14/h3-7,14-16,18H,8-12H2,1-2H3. The molecule has 1 atom stereocenters. The van der Waals surface area contributed by atoms with Crippen LogP contribution in [0.2, 0.25) is 0 Å². The van der Waals surface area contributed by atoms with Gasteiger partial charge in [-0.15, -0.1) is 0 Å². The normalized spacial score (nSPS) is 26.2. The van der Waals surface area contributed by atoms with Crippen molar-refractivity contribution in [1.29, 1.82) is 0 Å². The number of likely N-dealkylation sites (N-methyl/N-ethyl adjacent to an activating group) is 1. The van der Waals surface area contributed by atoms with E-state index < -0.39 is 0 Å². The zero-order valence-electron chi connectivity index (χ0n) is 11.5. The molecule has 0 aromatic heterocycles. The Labute approximate surface area is 111 Å². The molecule has 1 aromatic rings. The molecule has 1 fully saturated rings. The maximum Gasteiger partial charge on any atom is 0.0540 e. The zero-order chi connectivity index (χ0) is 13.0. The Morgan fingerprint density at radius 3 is 2.28 bits per heavy atom. The third kappa shape index (κ3) is 3.56. The first-order valence-electron chi connectivity index (χ1n) is 7.04. The zero-order valence-corrected chi connectivity index (χ0v) is 11.5. The maximum absolute atomic E-state index is 9.65. The van der Waals surface area contributed by atoms with Gasteiger partial charge in [-0.3, -0.25) is 0 Å². The van der Waals surface area contributed by atoms with Crippen LogP contribution in [-0.2, 0) is 0 Å². The first-order chi connectivity index (χ1) is 8.66. The van der Waals surface area contributed by atoms with Gasteiger partial charge in [0.1, 0.15) is 0 Å². The molecule has 1 N–H and O–H groups in total. The van der Waals surface area contributed by atoms with Gasteiger partial charge in [-0.2, -0.15) is 0 Å². The Hall–Kier alpha value is -0.860. The molecule has 1 unspecified atom stereocenters. The van der Waals surface area contributed by atoms with E-state index in [4.69, 9.17) is 0 Å². The van der Waals surface area contributed by atoms with E-state index in [2.05, 4.69) is 49.3 Å². The molecule has 1 aliphatic carbocycles. The van der Waals surface area contributed by atoms with Crippen molar-refractivity contribution in [3.8, 4) is 0 Å². The third-order valence-corrected chi connectivity index (χ3v) is 4.10. The van der Waals surface area contributed by atoms with Crippen molar-refractivity contribution in [3.63, 3.8) is 0 Å². The van der Waals surface area contributed by atoms with Crippen LogP contribution in [0.5, 0.6) is 0 Å². The molecule has 2 heteroatoms. The van der Waals surface area contributed by atoms with Crippen LogP contribution in [-0.4, -0.2) is 36.8 Å². The van der Waals surface area contributed by atoms with Crippen molar-refractivity contribution in [2.45, 2.75) is 37.7 Å². The molecule has 1 aliphatic rings. The molecule has 0 amide bonds. The lowest BCUT2D eigenvalue weighted by molar-refractivity contribution is 0.0975. The van der Waals surface area contributed by atoms with Crippen molar-refractivity contribution in [1.82, 2.24) is 4.90 Å². The average molecular weight is 247 g/mol. The summed E-state index contributed by atoms with van der Waals surface area (Å²) in [5, 5.41) is 9.65. The summed E-state index contributed by atoms with van der Waals surface area (Å²) in [5.41, 5.74) is 1.45. The molecular weight excluding hydrogens is 222 g/mol. The second-order valence-electron chi connectivity index (χ2n) is 5.85. The van der Waals surface area contributed by atoms with Crippen molar-refractivity contribution in [2.24, 2.45) is 5.92 Å². The summed E-state index contributed by atoms with van der Waals surface area (Å²) in [6.45, 7) is 1.10. The van der Waals surface area contributed by atoms with E-state index in [-0.39, 0.29) is 6.10 Å². The van der Waals surface area contributed by atoms with Gasteiger partial charge in [-0.25, -0.2) is 0 Å². The third-order valence-electron chi connectivity index (χ3n) is 4.10. The minimum Gasteiger partial charge on any atom is -0.393 e. The Morgan fingerprint density at radius 2 is 1.72 bits per heavy atom. The van der Waals surface area contributed by atoms with Gasteiger partial charge in [-0.05, 0) is 57.2 Å². The number of aliphatic hydroxyl groups excluding tert-OH is 1. The van der Waals surface area contributed by atoms with Crippen molar-refractivity contribution >= 4 is 0 Å². The van der Waals surface area contributed by atoms with E-state index in [9.17, 15) is 5.11 Å². The smallest absolute Gasteiger partial charge is 0.0540 e. The lowest BCUT2D eigenvalue weighted by Gasteiger charge is -2.34. The fraction of sp³-hybridized carbons (Fsp3) is 0.625. The molecule has 0 heterocycles. The Morgan fingerprint density at radius 1 is 1.11 bits per heavy atom. The Balaban J connectivity index is 2.10. The molecule has 0 saturated heterocycles. The van der Waals surface area contributed by atoms with E-state index in [1.165, 1.54) is 5.56 Å². The van der Waals surface area contributed by atoms with Crippen LogP contribution in [0.1, 0.15) is 37.2 Å². The van der Waals surface area contributed by atoms with Crippen LogP contribution in [0, 0.1) is 5.92 Å². The van der Waals surface area contributed by atoms with Crippen LogP contribution >= 0.6 is 0 Å². The summed E-state index contributed by atoms with van der Waals surface area (Å²) >= 11 is 0. The molecule has 0 radical (unpaired) electrons. The number of aliphatic hydroxyl groups is 1. The van der Waals surface area contributed by atoms with Gasteiger partial charge >= 0.3 is 0 Å². The van der Waals surface area contributed by atoms with Crippen LogP contribution < -0.4 is 0 Å². The highest BCUT2D eigenvalue weighted by Gasteiger charge is 2.28. The van der Waals surface area contributed by atoms with E-state index in [0.29, 0.717) is 5.92 Å². The molecule has 100 valence electrons. The summed E-state index contributed by atoms with van der Waals surface area (Å²) in [7, 11) is 4.29. The molecule has 0 spiro atoms. The minimum atomic E-state index is -0.0583. The van der Waals surface area contributed by atoms with Gasteiger partial charge in [0.2, 0.25) is 0 Å². The second kappa shape index (κ2) is 6.35. The summed E-state index contributed by atoms with van der Waals surface area (Å²) in [6, 6.07) is 10.9. The largest absolute Gasteiger partial charge is 0.393 e. The fourth-order valence-electron chi connectivity index (χ4n) is 3.12. The fourth-order valence-corrected chi connectivity index (χ4v) is 3.12. The van der Waals surface area contributed by atoms with Crippen molar-refractivity contribution in [2.75, 3.05) is 20.6 Å². The number of rotatable bonds is 4. The topological polar surface area (TPSA) is 23.5 Å². The van der Waals surface area contributed by atoms with Crippen LogP contribution in [0.3, 0.4) is 0 Å². The van der Waals surface area contributed by atoms with Crippen LogP contribution in [0.15, 0.2) is 30.3 Å². The van der Waals surface area contributed by atoms with Gasteiger partial charge in [-0.1, -0.05) is 30.3 Å². The van der Waals surface area contributed by atoms with E-state index >= 15 is 0 Å². The molecule has 0 bridgehead atoms. The van der Waals surface area contributed by atoms with Crippen LogP contribution in [0.25, 0.3) is 0 Å². The molecule has 2 rings (SSSR count). The Kier molecular flexibility index (Phi) is 4.79. The Bertz CT molecular complexity index is 341. The summed E-state index contributed by atoms with van der Waals surface area (Å²) in [6.07, 6.45) is 4.21. The summed E-state index contributed by atoms with van der Waals surface area (Å²) in [4.78, 5) is 2.28. The lowest BCUT2D eigenvalue weighted by Crippen LogP contribution is -2.29. The van der Waals surface area contributed by atoms with E-state index in [1.807, 2.05) is 0 Å². The molecule has 0 aliphatic heterocycles. The number of nitrogens with zero attached hydrogens (tertiary/aromatic N) is 1. The van der Waals surface area contributed by atoms with Crippen LogP contribution in [0.4, 0.5) is 0 Å². The predicted molar refractivity (Wildman–Crippen MR) is 75.7 cm³/mol. The summed E-state index contributed by atoms with van der Waals surface area (Å²) in [5.74, 6) is 1.33. The SMILES string of the molecule is CN(C)CC(c1ccccc1)C1CCC(O)CC1. The van der Waals surface area contributed by atoms with E-state index in [1.54, 1.807) is 0 Å². The van der Waals surface area contributed by atoms with E-state index in [0.717, 1.165) is 38.1 Å².